The van der Waals surface area contributed by atoms with Gasteiger partial charge in [0.05, 0.1) is 5.69 Å². The molecule has 1 heterocycles. The van der Waals surface area contributed by atoms with Gasteiger partial charge in [0.15, 0.2) is 11.5 Å². The zero-order valence-electron chi connectivity index (χ0n) is 12.0. The second-order valence-electron chi connectivity index (χ2n) is 5.75. The van der Waals surface area contributed by atoms with E-state index in [0.29, 0.717) is 28.8 Å². The lowest BCUT2D eigenvalue weighted by Gasteiger charge is -2.17. The molecule has 0 bridgehead atoms. The first-order valence-corrected chi connectivity index (χ1v) is 8.24. The molecule has 2 fully saturated rings. The molecule has 2 aliphatic carbocycles. The number of carbonyl (C=O) groups is 2. The molecule has 1 aromatic heterocycles. The van der Waals surface area contributed by atoms with Gasteiger partial charge < -0.3 is 10.1 Å². The van der Waals surface area contributed by atoms with Gasteiger partial charge in [-0.15, -0.1) is 5.10 Å². The molecule has 3 rings (SSSR count). The van der Waals surface area contributed by atoms with E-state index in [4.69, 9.17) is 4.74 Å². The van der Waals surface area contributed by atoms with Gasteiger partial charge in [0.25, 0.3) is 5.91 Å². The summed E-state index contributed by atoms with van der Waals surface area (Å²) in [7, 11) is 0. The molecular formula is C14H19N3O3S. The number of carbonyl (C=O) groups excluding carboxylic acids is 2. The largest absolute Gasteiger partial charge is 0.451 e. The van der Waals surface area contributed by atoms with E-state index in [2.05, 4.69) is 14.9 Å². The fourth-order valence-corrected chi connectivity index (χ4v) is 3.20. The molecule has 0 radical (unpaired) electrons. The van der Waals surface area contributed by atoms with Gasteiger partial charge in [0.1, 0.15) is 0 Å². The van der Waals surface area contributed by atoms with Crippen molar-refractivity contribution in [3.8, 4) is 0 Å². The van der Waals surface area contributed by atoms with Crippen molar-refractivity contribution < 1.29 is 14.3 Å². The number of hydrogen-bond acceptors (Lipinski definition) is 6. The zero-order chi connectivity index (χ0) is 14.8. The van der Waals surface area contributed by atoms with E-state index in [-0.39, 0.29) is 18.6 Å². The number of aryl methyl sites for hydroxylation is 1. The molecule has 1 amide bonds. The highest BCUT2D eigenvalue weighted by Gasteiger charge is 2.42. The predicted molar refractivity (Wildman–Crippen MR) is 76.9 cm³/mol. The van der Waals surface area contributed by atoms with Crippen LogP contribution in [0.1, 0.15) is 48.0 Å². The van der Waals surface area contributed by atoms with Crippen molar-refractivity contribution in [1.29, 1.82) is 0 Å². The van der Waals surface area contributed by atoms with Crippen LogP contribution in [0.3, 0.4) is 0 Å². The SMILES string of the molecule is CCc1nnsc1C(=O)OCC(=O)NC(C1CC1)C1CC1. The van der Waals surface area contributed by atoms with Gasteiger partial charge in [-0.05, 0) is 55.5 Å². The number of esters is 1. The third-order valence-electron chi connectivity index (χ3n) is 4.00. The van der Waals surface area contributed by atoms with Crippen LogP contribution in [0.2, 0.25) is 0 Å². The maximum atomic E-state index is 11.9. The monoisotopic (exact) mass is 309 g/mol. The third-order valence-corrected chi connectivity index (χ3v) is 4.75. The number of hydrogen-bond donors (Lipinski definition) is 1. The number of ether oxygens (including phenoxy) is 1. The van der Waals surface area contributed by atoms with Crippen LogP contribution in [-0.4, -0.2) is 34.1 Å². The van der Waals surface area contributed by atoms with E-state index < -0.39 is 5.97 Å². The van der Waals surface area contributed by atoms with Gasteiger partial charge in [-0.2, -0.15) is 0 Å². The predicted octanol–water partition coefficient (Wildman–Crippen LogP) is 1.56. The molecule has 2 aliphatic rings. The van der Waals surface area contributed by atoms with Crippen molar-refractivity contribution >= 4 is 23.4 Å². The molecule has 0 spiro atoms. The lowest BCUT2D eigenvalue weighted by Crippen LogP contribution is -2.40. The van der Waals surface area contributed by atoms with E-state index in [9.17, 15) is 9.59 Å². The summed E-state index contributed by atoms with van der Waals surface area (Å²) in [5, 5.41) is 6.89. The Morgan fingerprint density at radius 3 is 2.57 bits per heavy atom. The fourth-order valence-electron chi connectivity index (χ4n) is 2.55. The lowest BCUT2D eigenvalue weighted by molar-refractivity contribution is -0.125. The second-order valence-corrected chi connectivity index (χ2v) is 6.50. The van der Waals surface area contributed by atoms with Crippen LogP contribution in [0, 0.1) is 11.8 Å². The Bertz CT molecular complexity index is 525. The van der Waals surface area contributed by atoms with Gasteiger partial charge in [0.2, 0.25) is 0 Å². The molecule has 2 saturated carbocycles. The highest BCUT2D eigenvalue weighted by Crippen LogP contribution is 2.44. The average Bonchev–Trinajstić information content (AvgIpc) is 3.40. The van der Waals surface area contributed by atoms with Crippen molar-refractivity contribution in [2.75, 3.05) is 6.61 Å². The molecule has 21 heavy (non-hydrogen) atoms. The Hall–Kier alpha value is -1.50. The molecule has 1 N–H and O–H groups in total. The smallest absolute Gasteiger partial charge is 0.352 e. The summed E-state index contributed by atoms with van der Waals surface area (Å²) in [6, 6.07) is 0.285. The minimum absolute atomic E-state index is 0.206. The van der Waals surface area contributed by atoms with Crippen LogP contribution in [0.15, 0.2) is 0 Å². The highest BCUT2D eigenvalue weighted by molar-refractivity contribution is 7.07. The second kappa shape index (κ2) is 6.09. The van der Waals surface area contributed by atoms with Crippen LogP contribution < -0.4 is 5.32 Å². The van der Waals surface area contributed by atoms with Crippen LogP contribution in [0.4, 0.5) is 0 Å². The number of amides is 1. The van der Waals surface area contributed by atoms with Gasteiger partial charge in [-0.3, -0.25) is 4.79 Å². The summed E-state index contributed by atoms with van der Waals surface area (Å²) in [4.78, 5) is 24.2. The maximum Gasteiger partial charge on any atom is 0.352 e. The lowest BCUT2D eigenvalue weighted by atomic mass is 10.1. The normalized spacial score (nSPS) is 17.8. The van der Waals surface area contributed by atoms with E-state index in [0.717, 1.165) is 11.5 Å². The van der Waals surface area contributed by atoms with Crippen molar-refractivity contribution in [2.24, 2.45) is 11.8 Å². The van der Waals surface area contributed by atoms with E-state index in [1.807, 2.05) is 6.92 Å². The molecule has 1 aromatic rings. The summed E-state index contributed by atoms with van der Waals surface area (Å²) in [6.45, 7) is 1.67. The van der Waals surface area contributed by atoms with Gasteiger partial charge in [-0.1, -0.05) is 11.4 Å². The fraction of sp³-hybridized carbons (Fsp3) is 0.714. The summed E-state index contributed by atoms with van der Waals surface area (Å²) in [5.74, 6) is 0.554. The van der Waals surface area contributed by atoms with Crippen LogP contribution in [-0.2, 0) is 16.0 Å². The molecule has 0 unspecified atom stereocenters. The minimum atomic E-state index is -0.508. The topological polar surface area (TPSA) is 81.2 Å². The van der Waals surface area contributed by atoms with Gasteiger partial charge in [0, 0.05) is 6.04 Å². The molecule has 0 aromatic carbocycles. The Morgan fingerprint density at radius 1 is 1.33 bits per heavy atom. The Morgan fingerprint density at radius 2 is 2.00 bits per heavy atom. The molecule has 0 saturated heterocycles. The number of nitrogens with one attached hydrogen (secondary N) is 1. The molecule has 0 atom stereocenters. The summed E-state index contributed by atoms with van der Waals surface area (Å²) < 4.78 is 8.81. The minimum Gasteiger partial charge on any atom is -0.451 e. The zero-order valence-corrected chi connectivity index (χ0v) is 12.8. The first kappa shape index (κ1) is 14.4. The van der Waals surface area contributed by atoms with Crippen molar-refractivity contribution in [3.63, 3.8) is 0 Å². The quantitative estimate of drug-likeness (QED) is 0.773. The van der Waals surface area contributed by atoms with Crippen LogP contribution in [0.25, 0.3) is 0 Å². The number of aromatic nitrogens is 2. The van der Waals surface area contributed by atoms with Crippen molar-refractivity contribution in [3.05, 3.63) is 10.6 Å². The first-order valence-electron chi connectivity index (χ1n) is 7.46. The Balaban J connectivity index is 1.48. The standard InChI is InChI=1S/C14H19N3O3S/c1-2-10-13(21-17-16-10)14(19)20-7-11(18)15-12(8-3-4-8)9-5-6-9/h8-9,12H,2-7H2,1H3,(H,15,18). The van der Waals surface area contributed by atoms with E-state index in [1.54, 1.807) is 0 Å². The summed E-state index contributed by atoms with van der Waals surface area (Å²) in [5.41, 5.74) is 0.624. The summed E-state index contributed by atoms with van der Waals surface area (Å²) in [6.07, 6.45) is 5.43. The first-order chi connectivity index (χ1) is 10.2. The molecular weight excluding hydrogens is 290 g/mol. The summed E-state index contributed by atoms with van der Waals surface area (Å²) >= 11 is 1.01. The number of rotatable bonds is 7. The average molecular weight is 309 g/mol. The Kier molecular flexibility index (Phi) is 4.19. The maximum absolute atomic E-state index is 11.9. The van der Waals surface area contributed by atoms with Crippen LogP contribution >= 0.6 is 11.5 Å². The molecule has 7 heteroatoms. The Labute approximate surface area is 127 Å². The van der Waals surface area contributed by atoms with E-state index >= 15 is 0 Å². The molecule has 0 aliphatic heterocycles. The van der Waals surface area contributed by atoms with Crippen molar-refractivity contribution in [1.82, 2.24) is 14.9 Å². The highest BCUT2D eigenvalue weighted by atomic mass is 32.1. The molecule has 114 valence electrons. The van der Waals surface area contributed by atoms with Crippen LogP contribution in [0.5, 0.6) is 0 Å². The van der Waals surface area contributed by atoms with Gasteiger partial charge >= 0.3 is 5.97 Å². The molecule has 6 nitrogen and oxygen atoms in total. The van der Waals surface area contributed by atoms with Gasteiger partial charge in [-0.25, -0.2) is 4.79 Å². The van der Waals surface area contributed by atoms with E-state index in [1.165, 1.54) is 25.7 Å². The van der Waals surface area contributed by atoms with Crippen molar-refractivity contribution in [2.45, 2.75) is 45.1 Å². The third kappa shape index (κ3) is 3.58. The number of nitrogens with zero attached hydrogens (tertiary/aromatic N) is 2.